The van der Waals surface area contributed by atoms with Gasteiger partial charge >= 0.3 is 0 Å². The van der Waals surface area contributed by atoms with Crippen LogP contribution >= 0.6 is 0 Å². The van der Waals surface area contributed by atoms with Gasteiger partial charge in [-0.1, -0.05) is 12.8 Å². The lowest BCUT2D eigenvalue weighted by molar-refractivity contribution is 0.101. The maximum Gasteiger partial charge on any atom is 0.232 e. The van der Waals surface area contributed by atoms with Gasteiger partial charge in [-0.15, -0.1) is 0 Å². The molecule has 2 aromatic heterocycles. The van der Waals surface area contributed by atoms with Gasteiger partial charge in [-0.2, -0.15) is 0 Å². The highest BCUT2D eigenvalue weighted by atomic mass is 16.3. The number of phenolic OH excluding ortho intramolecular Hbond substituents is 1. The average Bonchev–Trinajstić information content (AvgIpc) is 3.23. The summed E-state index contributed by atoms with van der Waals surface area (Å²) in [5.41, 5.74) is 1.80. The van der Waals surface area contributed by atoms with Crippen molar-refractivity contribution in [3.63, 3.8) is 0 Å². The van der Waals surface area contributed by atoms with E-state index in [1.807, 2.05) is 0 Å². The fourth-order valence-electron chi connectivity index (χ4n) is 3.58. The molecule has 1 N–H and O–H groups in total. The number of likely N-dealkylation sites (tertiary alicyclic amines) is 1. The summed E-state index contributed by atoms with van der Waals surface area (Å²) in [6.45, 7) is 2.63. The van der Waals surface area contributed by atoms with Gasteiger partial charge in [0.15, 0.2) is 5.76 Å². The van der Waals surface area contributed by atoms with Crippen molar-refractivity contribution in [2.75, 3.05) is 13.1 Å². The molecule has 130 valence electrons. The molecule has 3 aromatic rings. The van der Waals surface area contributed by atoms with E-state index >= 15 is 0 Å². The van der Waals surface area contributed by atoms with Crippen LogP contribution in [0.5, 0.6) is 5.75 Å². The Morgan fingerprint density at radius 2 is 1.88 bits per heavy atom. The summed E-state index contributed by atoms with van der Waals surface area (Å²) < 4.78 is 10.8. The molecule has 1 aromatic carbocycles. The third kappa shape index (κ3) is 3.07. The number of aromatic hydroxyl groups is 1. The molecule has 1 fully saturated rings. The van der Waals surface area contributed by atoms with Gasteiger partial charge in [-0.05, 0) is 50.2 Å². The number of benzene rings is 1. The first-order chi connectivity index (χ1) is 12.2. The SMILES string of the molecule is O=C(c1ccco1)c1coc2ccc(O)c(CN3CCCCCC3)c12. The largest absolute Gasteiger partial charge is 0.508 e. The summed E-state index contributed by atoms with van der Waals surface area (Å²) in [5, 5.41) is 11.1. The quantitative estimate of drug-likeness (QED) is 0.716. The minimum absolute atomic E-state index is 0.201. The van der Waals surface area contributed by atoms with Crippen molar-refractivity contribution in [2.24, 2.45) is 0 Å². The molecule has 1 aliphatic rings. The number of fused-ring (bicyclic) bond motifs is 1. The number of ketones is 1. The van der Waals surface area contributed by atoms with Crippen molar-refractivity contribution >= 4 is 16.8 Å². The highest BCUT2D eigenvalue weighted by Crippen LogP contribution is 2.34. The van der Waals surface area contributed by atoms with Gasteiger partial charge < -0.3 is 13.9 Å². The minimum atomic E-state index is -0.230. The molecule has 0 bridgehead atoms. The Morgan fingerprint density at radius 3 is 2.60 bits per heavy atom. The molecular weight excluding hydrogens is 318 g/mol. The van der Waals surface area contributed by atoms with Crippen molar-refractivity contribution in [3.05, 3.63) is 53.7 Å². The summed E-state index contributed by atoms with van der Waals surface area (Å²) in [6, 6.07) is 6.67. The Bertz CT molecular complexity index is 871. The van der Waals surface area contributed by atoms with Crippen LogP contribution in [0.1, 0.15) is 47.4 Å². The Morgan fingerprint density at radius 1 is 1.08 bits per heavy atom. The molecule has 0 atom stereocenters. The van der Waals surface area contributed by atoms with E-state index in [0.717, 1.165) is 18.7 Å². The molecular formula is C20H21NO4. The monoisotopic (exact) mass is 339 g/mol. The van der Waals surface area contributed by atoms with Crippen LogP contribution in [0.25, 0.3) is 11.0 Å². The molecule has 0 saturated carbocycles. The third-order valence-electron chi connectivity index (χ3n) is 4.89. The molecule has 1 aliphatic heterocycles. The lowest BCUT2D eigenvalue weighted by atomic mass is 10.0. The molecule has 1 saturated heterocycles. The number of hydrogen-bond acceptors (Lipinski definition) is 5. The van der Waals surface area contributed by atoms with Crippen LogP contribution in [0.3, 0.4) is 0 Å². The zero-order chi connectivity index (χ0) is 17.2. The molecule has 0 radical (unpaired) electrons. The zero-order valence-electron chi connectivity index (χ0n) is 14.0. The van der Waals surface area contributed by atoms with E-state index in [9.17, 15) is 9.90 Å². The second-order valence-corrected chi connectivity index (χ2v) is 6.58. The summed E-state index contributed by atoms with van der Waals surface area (Å²) in [5.74, 6) is 0.241. The van der Waals surface area contributed by atoms with Crippen molar-refractivity contribution in [1.29, 1.82) is 0 Å². The van der Waals surface area contributed by atoms with E-state index in [-0.39, 0.29) is 17.3 Å². The maximum absolute atomic E-state index is 12.7. The first-order valence-corrected chi connectivity index (χ1v) is 8.76. The van der Waals surface area contributed by atoms with Crippen molar-refractivity contribution in [1.82, 2.24) is 4.90 Å². The summed E-state index contributed by atoms with van der Waals surface area (Å²) in [7, 11) is 0. The van der Waals surface area contributed by atoms with Crippen LogP contribution in [0.15, 0.2) is 45.6 Å². The number of hydrogen-bond donors (Lipinski definition) is 1. The summed E-state index contributed by atoms with van der Waals surface area (Å²) >= 11 is 0. The van der Waals surface area contributed by atoms with Gasteiger partial charge in [0.2, 0.25) is 5.78 Å². The second-order valence-electron chi connectivity index (χ2n) is 6.58. The highest BCUT2D eigenvalue weighted by Gasteiger charge is 2.23. The van der Waals surface area contributed by atoms with Gasteiger partial charge in [-0.3, -0.25) is 9.69 Å². The number of carbonyl (C=O) groups excluding carboxylic acids is 1. The standard InChI is InChI=1S/C20H21NO4/c22-16-7-8-17-19(14(16)12-21-9-3-1-2-4-10-21)15(13-25-17)20(23)18-6-5-11-24-18/h5-8,11,13,22H,1-4,9-10,12H2. The third-order valence-corrected chi connectivity index (χ3v) is 4.89. The predicted octanol–water partition coefficient (Wildman–Crippen LogP) is 4.34. The van der Waals surface area contributed by atoms with Crippen molar-refractivity contribution in [3.8, 4) is 5.75 Å². The first-order valence-electron chi connectivity index (χ1n) is 8.76. The predicted molar refractivity (Wildman–Crippen MR) is 93.8 cm³/mol. The lowest BCUT2D eigenvalue weighted by Crippen LogP contribution is -2.24. The normalized spacial score (nSPS) is 16.2. The van der Waals surface area contributed by atoms with E-state index in [1.54, 1.807) is 24.3 Å². The van der Waals surface area contributed by atoms with Crippen LogP contribution in [0.4, 0.5) is 0 Å². The number of rotatable bonds is 4. The Balaban J connectivity index is 1.76. The molecule has 0 amide bonds. The number of furan rings is 2. The molecule has 5 heteroatoms. The van der Waals surface area contributed by atoms with Gasteiger partial charge in [0.05, 0.1) is 11.8 Å². The van der Waals surface area contributed by atoms with Gasteiger partial charge in [0.1, 0.15) is 17.6 Å². The Hall–Kier alpha value is -2.53. The molecule has 0 spiro atoms. The molecule has 4 rings (SSSR count). The van der Waals surface area contributed by atoms with Crippen LogP contribution in [0, 0.1) is 0 Å². The average molecular weight is 339 g/mol. The first kappa shape index (κ1) is 16.0. The lowest BCUT2D eigenvalue weighted by Gasteiger charge is -2.21. The van der Waals surface area contributed by atoms with Crippen LogP contribution in [-0.4, -0.2) is 28.9 Å². The molecule has 3 heterocycles. The Kier molecular flexibility index (Phi) is 4.32. The van der Waals surface area contributed by atoms with Crippen LogP contribution in [-0.2, 0) is 6.54 Å². The van der Waals surface area contributed by atoms with E-state index in [2.05, 4.69) is 4.90 Å². The van der Waals surface area contributed by atoms with E-state index < -0.39 is 0 Å². The Labute approximate surface area is 145 Å². The highest BCUT2D eigenvalue weighted by molar-refractivity contribution is 6.15. The van der Waals surface area contributed by atoms with Crippen molar-refractivity contribution < 1.29 is 18.7 Å². The number of nitrogens with zero attached hydrogens (tertiary/aromatic N) is 1. The van der Waals surface area contributed by atoms with Crippen molar-refractivity contribution in [2.45, 2.75) is 32.2 Å². The summed E-state index contributed by atoms with van der Waals surface area (Å²) in [6.07, 6.45) is 7.77. The van der Waals surface area contributed by atoms with Gasteiger partial charge in [0, 0.05) is 17.5 Å². The summed E-state index contributed by atoms with van der Waals surface area (Å²) in [4.78, 5) is 15.1. The fourth-order valence-corrected chi connectivity index (χ4v) is 3.58. The van der Waals surface area contributed by atoms with E-state index in [0.29, 0.717) is 23.1 Å². The van der Waals surface area contributed by atoms with E-state index in [4.69, 9.17) is 8.83 Å². The molecule has 25 heavy (non-hydrogen) atoms. The van der Waals surface area contributed by atoms with Crippen LogP contribution in [0.2, 0.25) is 0 Å². The van der Waals surface area contributed by atoms with E-state index in [1.165, 1.54) is 38.2 Å². The molecule has 5 nitrogen and oxygen atoms in total. The number of phenols is 1. The topological polar surface area (TPSA) is 66.8 Å². The molecule has 0 aliphatic carbocycles. The number of carbonyl (C=O) groups is 1. The fraction of sp³-hybridized carbons (Fsp3) is 0.350. The van der Waals surface area contributed by atoms with Gasteiger partial charge in [0.25, 0.3) is 0 Å². The minimum Gasteiger partial charge on any atom is -0.508 e. The van der Waals surface area contributed by atoms with Crippen LogP contribution < -0.4 is 0 Å². The zero-order valence-corrected chi connectivity index (χ0v) is 14.0. The maximum atomic E-state index is 12.7. The second kappa shape index (κ2) is 6.76. The smallest absolute Gasteiger partial charge is 0.232 e. The molecule has 0 unspecified atom stereocenters. The van der Waals surface area contributed by atoms with Gasteiger partial charge in [-0.25, -0.2) is 0 Å².